The molecule has 1 N–H and O–H groups in total. The van der Waals surface area contributed by atoms with Crippen LogP contribution in [0.25, 0.3) is 0 Å². The van der Waals surface area contributed by atoms with E-state index in [0.717, 1.165) is 31.4 Å². The van der Waals surface area contributed by atoms with Crippen molar-refractivity contribution in [1.82, 2.24) is 14.8 Å². The summed E-state index contributed by atoms with van der Waals surface area (Å²) in [6.45, 7) is 2.02. The van der Waals surface area contributed by atoms with Crippen molar-refractivity contribution in [2.45, 2.75) is 31.8 Å². The van der Waals surface area contributed by atoms with Crippen LogP contribution in [0.4, 0.5) is 11.5 Å². The maximum atomic E-state index is 13.3. The quantitative estimate of drug-likeness (QED) is 0.788. The highest BCUT2D eigenvalue weighted by Crippen LogP contribution is 2.30. The van der Waals surface area contributed by atoms with Gasteiger partial charge in [-0.2, -0.15) is 0 Å². The molecule has 4 rings (SSSR count). The van der Waals surface area contributed by atoms with Gasteiger partial charge < -0.3 is 20.0 Å². The van der Waals surface area contributed by atoms with Crippen molar-refractivity contribution in [2.24, 2.45) is 0 Å². The standard InChI is InChI=1S/C23H28ClN5O2/c1-27(2)19-5-3-4-10-28(15-19)23(31)17-11-20-22(25-12-17)26-13-21(30)29(20)14-16-6-8-18(24)9-7-16/h6-9,11-12,19H,3-5,10,13-15H2,1-2H3,(H,25,26). The molecular weight excluding hydrogens is 414 g/mol. The molecule has 1 unspecified atom stereocenters. The number of fused-ring (bicyclic) bond motifs is 1. The molecule has 0 spiro atoms. The lowest BCUT2D eigenvalue weighted by molar-refractivity contribution is -0.117. The van der Waals surface area contributed by atoms with E-state index in [1.807, 2.05) is 29.2 Å². The second-order valence-corrected chi connectivity index (χ2v) is 8.85. The molecule has 0 radical (unpaired) electrons. The minimum atomic E-state index is -0.0590. The van der Waals surface area contributed by atoms with Gasteiger partial charge in [0.2, 0.25) is 5.91 Å². The second kappa shape index (κ2) is 9.24. The van der Waals surface area contributed by atoms with Crippen LogP contribution in [0.1, 0.15) is 35.2 Å². The number of hydrogen-bond donors (Lipinski definition) is 1. The Bertz CT molecular complexity index is 963. The number of anilines is 2. The molecule has 2 aromatic rings. The number of carbonyl (C=O) groups is 2. The summed E-state index contributed by atoms with van der Waals surface area (Å²) in [5.74, 6) is 0.525. The zero-order valence-corrected chi connectivity index (χ0v) is 18.7. The highest BCUT2D eigenvalue weighted by Gasteiger charge is 2.29. The fraction of sp³-hybridized carbons (Fsp3) is 0.435. The van der Waals surface area contributed by atoms with Crippen LogP contribution >= 0.6 is 11.6 Å². The monoisotopic (exact) mass is 441 g/mol. The van der Waals surface area contributed by atoms with Crippen molar-refractivity contribution in [3.63, 3.8) is 0 Å². The summed E-state index contributed by atoms with van der Waals surface area (Å²) < 4.78 is 0. The number of likely N-dealkylation sites (N-methyl/N-ethyl adjacent to an activating group) is 1. The topological polar surface area (TPSA) is 68.8 Å². The summed E-state index contributed by atoms with van der Waals surface area (Å²) >= 11 is 5.99. The molecule has 2 aliphatic heterocycles. The van der Waals surface area contributed by atoms with Gasteiger partial charge in [0.05, 0.1) is 24.3 Å². The summed E-state index contributed by atoms with van der Waals surface area (Å²) in [5.41, 5.74) is 2.11. The Balaban J connectivity index is 1.60. The lowest BCUT2D eigenvalue weighted by Gasteiger charge is -2.31. The Kier molecular flexibility index (Phi) is 6.43. The van der Waals surface area contributed by atoms with E-state index < -0.39 is 0 Å². The molecule has 1 saturated heterocycles. The number of benzene rings is 1. The predicted octanol–water partition coefficient (Wildman–Crippen LogP) is 3.25. The Morgan fingerprint density at radius 3 is 2.77 bits per heavy atom. The Morgan fingerprint density at radius 1 is 1.26 bits per heavy atom. The first kappa shape index (κ1) is 21.6. The molecule has 1 fully saturated rings. The van der Waals surface area contributed by atoms with Crippen molar-refractivity contribution < 1.29 is 9.59 Å². The molecule has 0 aliphatic carbocycles. The van der Waals surface area contributed by atoms with Crippen LogP contribution in [-0.2, 0) is 11.3 Å². The average Bonchev–Trinajstić information content (AvgIpc) is 3.03. The SMILES string of the molecule is CN(C)C1CCCCN(C(=O)c2cnc3c(c2)N(Cc2ccc(Cl)cc2)C(=O)CN3)C1. The van der Waals surface area contributed by atoms with Gasteiger partial charge in [-0.3, -0.25) is 9.59 Å². The number of pyridine rings is 1. The maximum Gasteiger partial charge on any atom is 0.255 e. The predicted molar refractivity (Wildman–Crippen MR) is 123 cm³/mol. The van der Waals surface area contributed by atoms with Crippen molar-refractivity contribution in [1.29, 1.82) is 0 Å². The van der Waals surface area contributed by atoms with Gasteiger partial charge >= 0.3 is 0 Å². The lowest BCUT2D eigenvalue weighted by atomic mass is 10.1. The Hall–Kier alpha value is -2.64. The van der Waals surface area contributed by atoms with E-state index in [1.54, 1.807) is 17.2 Å². The molecule has 3 heterocycles. The number of hydrogen-bond acceptors (Lipinski definition) is 5. The Labute approximate surface area is 188 Å². The summed E-state index contributed by atoms with van der Waals surface area (Å²) in [6.07, 6.45) is 4.81. The van der Waals surface area contributed by atoms with Gasteiger partial charge in [-0.15, -0.1) is 0 Å². The highest BCUT2D eigenvalue weighted by atomic mass is 35.5. The summed E-state index contributed by atoms with van der Waals surface area (Å²) in [5, 5.41) is 3.71. The molecule has 0 saturated carbocycles. The van der Waals surface area contributed by atoms with Crippen LogP contribution in [0.15, 0.2) is 36.5 Å². The molecule has 2 aliphatic rings. The lowest BCUT2D eigenvalue weighted by Crippen LogP contribution is -2.42. The molecule has 0 bridgehead atoms. The molecular formula is C23H28ClN5O2. The van der Waals surface area contributed by atoms with Gasteiger partial charge in [0.1, 0.15) is 0 Å². The van der Waals surface area contributed by atoms with Gasteiger partial charge in [-0.25, -0.2) is 4.98 Å². The van der Waals surface area contributed by atoms with Crippen LogP contribution in [0.5, 0.6) is 0 Å². The number of rotatable bonds is 4. The zero-order chi connectivity index (χ0) is 22.0. The van der Waals surface area contributed by atoms with Crippen molar-refractivity contribution in [3.05, 3.63) is 52.7 Å². The third-order valence-electron chi connectivity index (χ3n) is 6.03. The van der Waals surface area contributed by atoms with E-state index in [9.17, 15) is 9.59 Å². The van der Waals surface area contributed by atoms with E-state index in [0.29, 0.717) is 41.2 Å². The smallest absolute Gasteiger partial charge is 0.255 e. The molecule has 1 aromatic carbocycles. The first-order chi connectivity index (χ1) is 14.9. The fourth-order valence-corrected chi connectivity index (χ4v) is 4.28. The van der Waals surface area contributed by atoms with Crippen LogP contribution in [-0.4, -0.2) is 66.4 Å². The van der Waals surface area contributed by atoms with Crippen LogP contribution in [0.2, 0.25) is 5.02 Å². The zero-order valence-electron chi connectivity index (χ0n) is 18.0. The normalized spacial score (nSPS) is 19.1. The highest BCUT2D eigenvalue weighted by molar-refractivity contribution is 6.30. The van der Waals surface area contributed by atoms with E-state index in [1.165, 1.54) is 0 Å². The summed E-state index contributed by atoms with van der Waals surface area (Å²) in [6, 6.07) is 9.56. The average molecular weight is 442 g/mol. The maximum absolute atomic E-state index is 13.3. The molecule has 8 heteroatoms. The van der Waals surface area contributed by atoms with E-state index in [-0.39, 0.29) is 18.4 Å². The minimum Gasteiger partial charge on any atom is -0.359 e. The van der Waals surface area contributed by atoms with Gasteiger partial charge in [0, 0.05) is 30.4 Å². The van der Waals surface area contributed by atoms with E-state index in [4.69, 9.17) is 11.6 Å². The van der Waals surface area contributed by atoms with Crippen LogP contribution in [0.3, 0.4) is 0 Å². The first-order valence-corrected chi connectivity index (χ1v) is 11.0. The molecule has 31 heavy (non-hydrogen) atoms. The molecule has 1 aromatic heterocycles. The number of carbonyl (C=O) groups excluding carboxylic acids is 2. The fourth-order valence-electron chi connectivity index (χ4n) is 4.16. The summed E-state index contributed by atoms with van der Waals surface area (Å²) in [4.78, 5) is 36.3. The van der Waals surface area contributed by atoms with Gasteiger partial charge in [-0.05, 0) is 50.7 Å². The van der Waals surface area contributed by atoms with Crippen molar-refractivity contribution >= 4 is 34.9 Å². The van der Waals surface area contributed by atoms with Crippen molar-refractivity contribution in [3.8, 4) is 0 Å². The largest absolute Gasteiger partial charge is 0.359 e. The van der Waals surface area contributed by atoms with Crippen LogP contribution in [0, 0.1) is 0 Å². The third-order valence-corrected chi connectivity index (χ3v) is 6.28. The van der Waals surface area contributed by atoms with Gasteiger partial charge in [0.25, 0.3) is 5.91 Å². The third kappa shape index (κ3) is 4.83. The summed E-state index contributed by atoms with van der Waals surface area (Å²) in [7, 11) is 4.12. The second-order valence-electron chi connectivity index (χ2n) is 8.42. The first-order valence-electron chi connectivity index (χ1n) is 10.7. The molecule has 2 amide bonds. The number of halogens is 1. The molecule has 1 atom stereocenters. The van der Waals surface area contributed by atoms with E-state index in [2.05, 4.69) is 29.3 Å². The number of nitrogens with one attached hydrogen (secondary N) is 1. The van der Waals surface area contributed by atoms with Gasteiger partial charge in [-0.1, -0.05) is 30.2 Å². The number of amides is 2. The number of aromatic nitrogens is 1. The Morgan fingerprint density at radius 2 is 2.03 bits per heavy atom. The number of likely N-dealkylation sites (tertiary alicyclic amines) is 1. The molecule has 7 nitrogen and oxygen atoms in total. The van der Waals surface area contributed by atoms with E-state index >= 15 is 0 Å². The number of nitrogens with zero attached hydrogens (tertiary/aromatic N) is 4. The van der Waals surface area contributed by atoms with Crippen molar-refractivity contribution in [2.75, 3.05) is 43.9 Å². The van der Waals surface area contributed by atoms with Gasteiger partial charge in [0.15, 0.2) is 5.82 Å². The molecule has 164 valence electrons. The minimum absolute atomic E-state index is 0.0338. The van der Waals surface area contributed by atoms with Crippen LogP contribution < -0.4 is 10.2 Å².